The summed E-state index contributed by atoms with van der Waals surface area (Å²) in [5.74, 6) is 0.895. The second-order valence-corrected chi connectivity index (χ2v) is 6.70. The quantitative estimate of drug-likeness (QED) is 0.506. The van der Waals surface area contributed by atoms with E-state index in [1.165, 1.54) is 23.8 Å². The fraction of sp³-hybridized carbons (Fsp3) is 0.600. The molecule has 1 aliphatic heterocycles. The molecule has 1 N–H and O–H groups in total. The van der Waals surface area contributed by atoms with Crippen molar-refractivity contribution in [2.75, 3.05) is 33.3 Å². The number of likely N-dealkylation sites (tertiary alicyclic amines) is 1. The molecule has 0 aliphatic carbocycles. The molecule has 0 bridgehead atoms. The summed E-state index contributed by atoms with van der Waals surface area (Å²) in [6.45, 7) is 9.67. The summed E-state index contributed by atoms with van der Waals surface area (Å²) in [5, 5.41) is 3.38. The molecule has 5 heteroatoms. The first-order valence-electron chi connectivity index (χ1n) is 9.22. The third kappa shape index (κ3) is 5.48. The Hall–Kier alpha value is -2.04. The van der Waals surface area contributed by atoms with Crippen molar-refractivity contribution in [2.24, 2.45) is 10.9 Å². The lowest BCUT2D eigenvalue weighted by Gasteiger charge is -2.33. The van der Waals surface area contributed by atoms with E-state index in [4.69, 9.17) is 9.73 Å². The Balaban J connectivity index is 1.93. The highest BCUT2D eigenvalue weighted by Crippen LogP contribution is 2.18. The van der Waals surface area contributed by atoms with Crippen LogP contribution in [0.15, 0.2) is 23.2 Å². The van der Waals surface area contributed by atoms with Crippen LogP contribution >= 0.6 is 0 Å². The van der Waals surface area contributed by atoms with Crippen LogP contribution in [-0.4, -0.2) is 50.1 Å². The van der Waals surface area contributed by atoms with Gasteiger partial charge in [0.2, 0.25) is 0 Å². The molecule has 1 aromatic carbocycles. The number of aryl methyl sites for hydroxylation is 2. The zero-order valence-corrected chi connectivity index (χ0v) is 16.0. The summed E-state index contributed by atoms with van der Waals surface area (Å²) in [7, 11) is 1.47. The van der Waals surface area contributed by atoms with Gasteiger partial charge in [-0.05, 0) is 51.2 Å². The van der Waals surface area contributed by atoms with Gasteiger partial charge in [0, 0.05) is 26.2 Å². The van der Waals surface area contributed by atoms with Crippen molar-refractivity contribution in [3.8, 4) is 0 Å². The van der Waals surface area contributed by atoms with E-state index in [-0.39, 0.29) is 11.9 Å². The third-order valence-corrected chi connectivity index (χ3v) is 4.80. The number of aliphatic imine (C=N–C) groups is 1. The zero-order chi connectivity index (χ0) is 18.2. The van der Waals surface area contributed by atoms with Gasteiger partial charge < -0.3 is 15.0 Å². The maximum atomic E-state index is 11.7. The molecule has 1 fully saturated rings. The lowest BCUT2D eigenvalue weighted by Crippen LogP contribution is -2.46. The van der Waals surface area contributed by atoms with Crippen LogP contribution in [-0.2, 0) is 16.0 Å². The fourth-order valence-electron chi connectivity index (χ4n) is 3.33. The van der Waals surface area contributed by atoms with Gasteiger partial charge in [0.25, 0.3) is 0 Å². The van der Waals surface area contributed by atoms with Crippen molar-refractivity contribution in [1.29, 1.82) is 0 Å². The van der Waals surface area contributed by atoms with Crippen molar-refractivity contribution >= 4 is 11.9 Å². The summed E-state index contributed by atoms with van der Waals surface area (Å²) in [6.07, 6.45) is 2.60. The van der Waals surface area contributed by atoms with Crippen molar-refractivity contribution in [3.63, 3.8) is 0 Å². The first-order chi connectivity index (χ1) is 12.0. The predicted molar refractivity (Wildman–Crippen MR) is 102 cm³/mol. The molecule has 2 rings (SSSR count). The molecule has 0 radical (unpaired) electrons. The van der Waals surface area contributed by atoms with Gasteiger partial charge in [0.1, 0.15) is 0 Å². The molecule has 0 unspecified atom stereocenters. The van der Waals surface area contributed by atoms with Crippen LogP contribution in [0, 0.1) is 19.8 Å². The molecule has 5 nitrogen and oxygen atoms in total. The molecule has 25 heavy (non-hydrogen) atoms. The number of methoxy groups -OCH3 is 1. The van der Waals surface area contributed by atoms with Crippen LogP contribution in [0.1, 0.15) is 36.5 Å². The number of nitrogens with one attached hydrogen (secondary N) is 1. The van der Waals surface area contributed by atoms with Gasteiger partial charge >= 0.3 is 5.97 Å². The van der Waals surface area contributed by atoms with Crippen molar-refractivity contribution < 1.29 is 9.53 Å². The van der Waals surface area contributed by atoms with E-state index in [2.05, 4.69) is 49.2 Å². The van der Waals surface area contributed by atoms with Crippen LogP contribution in [0.5, 0.6) is 0 Å². The van der Waals surface area contributed by atoms with Gasteiger partial charge in [0.05, 0.1) is 13.0 Å². The largest absolute Gasteiger partial charge is 0.469 e. The average Bonchev–Trinajstić information content (AvgIpc) is 2.62. The minimum atomic E-state index is -0.0866. The number of hydrogen-bond acceptors (Lipinski definition) is 3. The fourth-order valence-corrected chi connectivity index (χ4v) is 3.33. The van der Waals surface area contributed by atoms with Gasteiger partial charge in [0.15, 0.2) is 5.96 Å². The number of hydrogen-bond donors (Lipinski definition) is 1. The van der Waals surface area contributed by atoms with Crippen LogP contribution < -0.4 is 5.32 Å². The lowest BCUT2D eigenvalue weighted by molar-refractivity contribution is -0.146. The van der Waals surface area contributed by atoms with E-state index in [9.17, 15) is 4.79 Å². The third-order valence-electron chi connectivity index (χ3n) is 4.80. The monoisotopic (exact) mass is 345 g/mol. The predicted octanol–water partition coefficient (Wildman–Crippen LogP) is 2.70. The van der Waals surface area contributed by atoms with Gasteiger partial charge in [-0.3, -0.25) is 9.79 Å². The van der Waals surface area contributed by atoms with Gasteiger partial charge in [-0.15, -0.1) is 0 Å². The molecule has 0 saturated carbocycles. The van der Waals surface area contributed by atoms with Gasteiger partial charge in [-0.1, -0.05) is 23.8 Å². The molecule has 1 aromatic rings. The molecule has 1 saturated heterocycles. The van der Waals surface area contributed by atoms with Crippen molar-refractivity contribution in [1.82, 2.24) is 10.2 Å². The summed E-state index contributed by atoms with van der Waals surface area (Å²) in [6, 6.07) is 6.59. The highest BCUT2D eigenvalue weighted by molar-refractivity contribution is 5.80. The number of carbonyl (C=O) groups excluding carboxylic acids is 1. The standard InChI is InChI=1S/C20H31N3O2/c1-5-21-20(23-12-9-18(10-13-23)19(24)25-4)22-11-8-17-7-6-15(2)14-16(17)3/h6-7,14,18H,5,8-13H2,1-4H3,(H,21,22). The number of ether oxygens (including phenoxy) is 1. The second kappa shape index (κ2) is 9.44. The first kappa shape index (κ1) is 19.3. The smallest absolute Gasteiger partial charge is 0.308 e. The highest BCUT2D eigenvalue weighted by Gasteiger charge is 2.26. The molecule has 1 aliphatic rings. The van der Waals surface area contributed by atoms with E-state index in [0.29, 0.717) is 0 Å². The number of carbonyl (C=O) groups is 1. The minimum Gasteiger partial charge on any atom is -0.469 e. The van der Waals surface area contributed by atoms with Crippen molar-refractivity contribution in [3.05, 3.63) is 34.9 Å². The highest BCUT2D eigenvalue weighted by atomic mass is 16.5. The number of benzene rings is 1. The molecule has 0 spiro atoms. The maximum Gasteiger partial charge on any atom is 0.308 e. The van der Waals surface area contributed by atoms with Crippen LogP contribution in [0.2, 0.25) is 0 Å². The summed E-state index contributed by atoms with van der Waals surface area (Å²) in [5.41, 5.74) is 3.99. The molecule has 0 aromatic heterocycles. The topological polar surface area (TPSA) is 53.9 Å². The normalized spacial score (nSPS) is 16.0. The number of guanidine groups is 1. The zero-order valence-electron chi connectivity index (χ0n) is 16.0. The average molecular weight is 345 g/mol. The number of piperidine rings is 1. The molecule has 0 amide bonds. The Labute approximate surface area is 151 Å². The van der Waals surface area contributed by atoms with E-state index >= 15 is 0 Å². The summed E-state index contributed by atoms with van der Waals surface area (Å²) >= 11 is 0. The second-order valence-electron chi connectivity index (χ2n) is 6.70. The molecule has 0 atom stereocenters. The molecule has 138 valence electrons. The number of esters is 1. The number of nitrogens with zero attached hydrogens (tertiary/aromatic N) is 2. The van der Waals surface area contributed by atoms with Gasteiger partial charge in [-0.25, -0.2) is 0 Å². The number of rotatable bonds is 5. The Morgan fingerprint density at radius 2 is 2.04 bits per heavy atom. The summed E-state index contributed by atoms with van der Waals surface area (Å²) in [4.78, 5) is 18.7. The summed E-state index contributed by atoms with van der Waals surface area (Å²) < 4.78 is 4.86. The molecular weight excluding hydrogens is 314 g/mol. The van der Waals surface area contributed by atoms with E-state index < -0.39 is 0 Å². The Kier molecular flexibility index (Phi) is 7.29. The molecular formula is C20H31N3O2. The molecule has 1 heterocycles. The SMILES string of the molecule is CCNC(=NCCc1ccc(C)cc1C)N1CCC(C(=O)OC)CC1. The maximum absolute atomic E-state index is 11.7. The minimum absolute atomic E-state index is 0.0272. The lowest BCUT2D eigenvalue weighted by atomic mass is 9.97. The van der Waals surface area contributed by atoms with E-state index in [1.807, 2.05) is 0 Å². The van der Waals surface area contributed by atoms with E-state index in [0.717, 1.165) is 51.4 Å². The Morgan fingerprint density at radius 1 is 1.32 bits per heavy atom. The Bertz CT molecular complexity index is 605. The van der Waals surface area contributed by atoms with E-state index in [1.54, 1.807) is 0 Å². The van der Waals surface area contributed by atoms with Crippen LogP contribution in [0.4, 0.5) is 0 Å². The van der Waals surface area contributed by atoms with Crippen LogP contribution in [0.25, 0.3) is 0 Å². The van der Waals surface area contributed by atoms with Gasteiger partial charge in [-0.2, -0.15) is 0 Å². The van der Waals surface area contributed by atoms with Crippen molar-refractivity contribution in [2.45, 2.75) is 40.0 Å². The first-order valence-corrected chi connectivity index (χ1v) is 9.22. The Morgan fingerprint density at radius 3 is 2.64 bits per heavy atom. The van der Waals surface area contributed by atoms with Crippen LogP contribution in [0.3, 0.4) is 0 Å².